The summed E-state index contributed by atoms with van der Waals surface area (Å²) in [5.41, 5.74) is -0.342. The molecule has 1 heterocycles. The normalized spacial score (nSPS) is 24.6. The second-order valence-electron chi connectivity index (χ2n) is 4.76. The molecule has 1 saturated heterocycles. The molecule has 0 bridgehead atoms. The molecule has 0 aromatic rings. The summed E-state index contributed by atoms with van der Waals surface area (Å²) >= 11 is 0. The van der Waals surface area contributed by atoms with Crippen LogP contribution in [0.1, 0.15) is 45.4 Å². The Bertz CT molecular complexity index is 213. The van der Waals surface area contributed by atoms with E-state index < -0.39 is 0 Å². The Labute approximate surface area is 97.8 Å². The number of carbonyl (C=O) groups is 1. The van der Waals surface area contributed by atoms with E-state index in [2.05, 4.69) is 10.6 Å². The Morgan fingerprint density at radius 2 is 2.12 bits per heavy atom. The van der Waals surface area contributed by atoms with Crippen molar-refractivity contribution in [1.29, 1.82) is 0 Å². The molecule has 1 rings (SSSR count). The summed E-state index contributed by atoms with van der Waals surface area (Å²) in [6, 6.07) is 0. The Morgan fingerprint density at radius 3 is 2.75 bits per heavy atom. The molecule has 1 aliphatic rings. The van der Waals surface area contributed by atoms with E-state index in [1.54, 1.807) is 0 Å². The van der Waals surface area contributed by atoms with E-state index >= 15 is 0 Å². The molecular formula is C12H24N2O2. The third-order valence-corrected chi connectivity index (χ3v) is 3.24. The van der Waals surface area contributed by atoms with Gasteiger partial charge in [-0.2, -0.15) is 0 Å². The van der Waals surface area contributed by atoms with E-state index in [-0.39, 0.29) is 18.1 Å². The van der Waals surface area contributed by atoms with Crippen LogP contribution in [-0.2, 0) is 4.79 Å². The summed E-state index contributed by atoms with van der Waals surface area (Å²) in [5.74, 6) is 0.132. The summed E-state index contributed by atoms with van der Waals surface area (Å²) in [6.45, 7) is 3.94. The first-order valence-electron chi connectivity index (χ1n) is 6.33. The van der Waals surface area contributed by atoms with Crippen LogP contribution in [0.15, 0.2) is 0 Å². The van der Waals surface area contributed by atoms with E-state index in [9.17, 15) is 4.79 Å². The van der Waals surface area contributed by atoms with Gasteiger partial charge in [0.05, 0.1) is 5.54 Å². The zero-order chi connectivity index (χ0) is 11.9. The van der Waals surface area contributed by atoms with Crippen molar-refractivity contribution in [2.45, 2.75) is 51.0 Å². The fourth-order valence-electron chi connectivity index (χ4n) is 2.08. The Balaban J connectivity index is 2.06. The van der Waals surface area contributed by atoms with Gasteiger partial charge in [0.15, 0.2) is 0 Å². The lowest BCUT2D eigenvalue weighted by Gasteiger charge is -2.22. The fraction of sp³-hybridized carbons (Fsp3) is 0.917. The highest BCUT2D eigenvalue weighted by Crippen LogP contribution is 2.18. The van der Waals surface area contributed by atoms with Crippen LogP contribution < -0.4 is 10.6 Å². The van der Waals surface area contributed by atoms with Gasteiger partial charge in [0.1, 0.15) is 0 Å². The number of aliphatic hydroxyl groups excluding tert-OH is 1. The summed E-state index contributed by atoms with van der Waals surface area (Å²) in [7, 11) is 0. The second kappa shape index (κ2) is 6.86. The molecule has 1 atom stereocenters. The first-order valence-corrected chi connectivity index (χ1v) is 6.33. The summed E-state index contributed by atoms with van der Waals surface area (Å²) in [6.07, 6.45) is 6.01. The molecule has 4 nitrogen and oxygen atoms in total. The molecule has 1 aliphatic heterocycles. The molecule has 0 aliphatic carbocycles. The molecule has 3 N–H and O–H groups in total. The van der Waals surface area contributed by atoms with Gasteiger partial charge in [0, 0.05) is 13.2 Å². The van der Waals surface area contributed by atoms with Crippen LogP contribution in [0.4, 0.5) is 0 Å². The molecule has 4 heteroatoms. The van der Waals surface area contributed by atoms with Gasteiger partial charge in [-0.25, -0.2) is 0 Å². The lowest BCUT2D eigenvalue weighted by molar-refractivity contribution is -0.126. The predicted molar refractivity (Wildman–Crippen MR) is 64.2 cm³/mol. The maximum Gasteiger partial charge on any atom is 0.240 e. The first kappa shape index (κ1) is 13.5. The number of nitrogens with one attached hydrogen (secondary N) is 2. The Hall–Kier alpha value is -0.610. The average molecular weight is 228 g/mol. The molecule has 0 radical (unpaired) electrons. The van der Waals surface area contributed by atoms with Gasteiger partial charge >= 0.3 is 0 Å². The second-order valence-corrected chi connectivity index (χ2v) is 4.76. The highest BCUT2D eigenvalue weighted by molar-refractivity contribution is 5.86. The van der Waals surface area contributed by atoms with Gasteiger partial charge < -0.3 is 15.7 Å². The minimum Gasteiger partial charge on any atom is -0.396 e. The molecule has 0 aromatic carbocycles. The quantitative estimate of drug-likeness (QED) is 0.565. The van der Waals surface area contributed by atoms with Crippen molar-refractivity contribution in [3.05, 3.63) is 0 Å². The molecule has 0 saturated carbocycles. The molecule has 0 aromatic heterocycles. The van der Waals surface area contributed by atoms with Crippen molar-refractivity contribution in [3.63, 3.8) is 0 Å². The average Bonchev–Trinajstić information content (AvgIpc) is 2.71. The minimum absolute atomic E-state index is 0.132. The number of rotatable bonds is 7. The van der Waals surface area contributed by atoms with Crippen LogP contribution in [0.5, 0.6) is 0 Å². The van der Waals surface area contributed by atoms with Gasteiger partial charge in [0.2, 0.25) is 5.91 Å². The van der Waals surface area contributed by atoms with Gasteiger partial charge in [-0.05, 0) is 39.2 Å². The van der Waals surface area contributed by atoms with Crippen LogP contribution in [-0.4, -0.2) is 36.2 Å². The minimum atomic E-state index is -0.342. The molecule has 1 amide bonds. The van der Waals surface area contributed by atoms with Crippen molar-refractivity contribution in [1.82, 2.24) is 10.6 Å². The Morgan fingerprint density at radius 1 is 1.38 bits per heavy atom. The van der Waals surface area contributed by atoms with Crippen molar-refractivity contribution >= 4 is 5.91 Å². The monoisotopic (exact) mass is 228 g/mol. The Kier molecular flexibility index (Phi) is 5.77. The van der Waals surface area contributed by atoms with Crippen LogP contribution in [0.3, 0.4) is 0 Å². The lowest BCUT2D eigenvalue weighted by Crippen LogP contribution is -2.51. The molecule has 1 unspecified atom stereocenters. The van der Waals surface area contributed by atoms with Crippen LogP contribution >= 0.6 is 0 Å². The zero-order valence-electron chi connectivity index (χ0n) is 10.2. The smallest absolute Gasteiger partial charge is 0.240 e. The van der Waals surface area contributed by atoms with Crippen molar-refractivity contribution in [2.24, 2.45) is 0 Å². The number of unbranched alkanes of at least 4 members (excludes halogenated alkanes) is 3. The number of carbonyl (C=O) groups excluding carboxylic acids is 1. The fourth-order valence-corrected chi connectivity index (χ4v) is 2.08. The van der Waals surface area contributed by atoms with E-state index in [4.69, 9.17) is 5.11 Å². The lowest BCUT2D eigenvalue weighted by atomic mass is 9.99. The summed E-state index contributed by atoms with van der Waals surface area (Å²) < 4.78 is 0. The van der Waals surface area contributed by atoms with Gasteiger partial charge in [-0.15, -0.1) is 0 Å². The standard InChI is InChI=1S/C12H24N2O2/c1-12(7-6-9-14-12)11(16)13-8-4-2-3-5-10-15/h14-15H,2-10H2,1H3,(H,13,16). The highest BCUT2D eigenvalue weighted by Gasteiger charge is 2.35. The van der Waals surface area contributed by atoms with Crippen molar-refractivity contribution in [2.75, 3.05) is 19.7 Å². The third kappa shape index (κ3) is 4.10. The summed E-state index contributed by atoms with van der Waals surface area (Å²) in [5, 5.41) is 14.8. The summed E-state index contributed by atoms with van der Waals surface area (Å²) in [4.78, 5) is 11.8. The van der Waals surface area contributed by atoms with E-state index in [0.29, 0.717) is 0 Å². The van der Waals surface area contributed by atoms with Gasteiger partial charge in [-0.1, -0.05) is 12.8 Å². The number of amides is 1. The number of hydrogen-bond acceptors (Lipinski definition) is 3. The molecule has 94 valence electrons. The molecule has 16 heavy (non-hydrogen) atoms. The van der Waals surface area contributed by atoms with Gasteiger partial charge in [0.25, 0.3) is 0 Å². The largest absolute Gasteiger partial charge is 0.396 e. The first-order chi connectivity index (χ1) is 7.69. The molecule has 0 spiro atoms. The predicted octanol–water partition coefficient (Wildman–Crippen LogP) is 0.797. The number of aliphatic hydroxyl groups is 1. The maximum absolute atomic E-state index is 11.8. The van der Waals surface area contributed by atoms with Crippen LogP contribution in [0.25, 0.3) is 0 Å². The SMILES string of the molecule is CC1(C(=O)NCCCCCCO)CCCN1. The van der Waals surface area contributed by atoms with Gasteiger partial charge in [-0.3, -0.25) is 4.79 Å². The van der Waals surface area contributed by atoms with Crippen LogP contribution in [0.2, 0.25) is 0 Å². The van der Waals surface area contributed by atoms with E-state index in [0.717, 1.165) is 51.6 Å². The van der Waals surface area contributed by atoms with Crippen LogP contribution in [0, 0.1) is 0 Å². The molecular weight excluding hydrogens is 204 g/mol. The molecule has 1 fully saturated rings. The van der Waals surface area contributed by atoms with Crippen molar-refractivity contribution < 1.29 is 9.90 Å². The highest BCUT2D eigenvalue weighted by atomic mass is 16.2. The number of hydrogen-bond donors (Lipinski definition) is 3. The van der Waals surface area contributed by atoms with E-state index in [1.165, 1.54) is 0 Å². The topological polar surface area (TPSA) is 61.4 Å². The zero-order valence-corrected chi connectivity index (χ0v) is 10.2. The van der Waals surface area contributed by atoms with Crippen molar-refractivity contribution in [3.8, 4) is 0 Å². The third-order valence-electron chi connectivity index (χ3n) is 3.24. The maximum atomic E-state index is 11.8. The van der Waals surface area contributed by atoms with E-state index in [1.807, 2.05) is 6.92 Å².